The normalized spacial score (nSPS) is 11.8. The van der Waals surface area contributed by atoms with Gasteiger partial charge in [0.15, 0.2) is 0 Å². The molecule has 1 unspecified atom stereocenters. The Morgan fingerprint density at radius 1 is 1.86 bits per heavy atom. The Balaban J connectivity index is 2.69. The first kappa shape index (κ1) is 10.2. The van der Waals surface area contributed by atoms with Gasteiger partial charge in [0.05, 0.1) is 25.6 Å². The van der Waals surface area contributed by atoms with Crippen LogP contribution in [-0.4, -0.2) is 27.8 Å². The van der Waals surface area contributed by atoms with Crippen molar-refractivity contribution in [3.05, 3.63) is 12.2 Å². The zero-order valence-corrected chi connectivity index (χ0v) is 7.97. The Morgan fingerprint density at radius 3 is 3.14 bits per heavy atom. The van der Waals surface area contributed by atoms with Gasteiger partial charge < -0.3 is 4.74 Å². The fraction of sp³-hybridized carbons (Fsp3) is 0.500. The standard InChI is InChI=1S/C8H10N4O2/c1-6(3-9)4-12-5-10-7(11-12)8(13)14-2/h5-6H,4H2,1-2H3. The average molecular weight is 194 g/mol. The van der Waals surface area contributed by atoms with Crippen LogP contribution >= 0.6 is 0 Å². The molecule has 0 aliphatic heterocycles. The monoisotopic (exact) mass is 194 g/mol. The van der Waals surface area contributed by atoms with E-state index in [1.165, 1.54) is 18.1 Å². The molecule has 0 saturated carbocycles. The number of methoxy groups -OCH3 is 1. The van der Waals surface area contributed by atoms with Crippen LogP contribution in [-0.2, 0) is 11.3 Å². The molecule has 0 aromatic carbocycles. The number of nitrogens with zero attached hydrogens (tertiary/aromatic N) is 4. The van der Waals surface area contributed by atoms with Crippen LogP contribution in [0, 0.1) is 17.2 Å². The smallest absolute Gasteiger partial charge is 0.377 e. The first-order valence-corrected chi connectivity index (χ1v) is 4.04. The molecule has 0 saturated heterocycles. The second-order valence-corrected chi connectivity index (χ2v) is 2.81. The van der Waals surface area contributed by atoms with Gasteiger partial charge in [-0.2, -0.15) is 5.26 Å². The molecule has 14 heavy (non-hydrogen) atoms. The fourth-order valence-electron chi connectivity index (χ4n) is 0.889. The lowest BCUT2D eigenvalue weighted by Gasteiger charge is -1.99. The summed E-state index contributed by atoms with van der Waals surface area (Å²) in [5, 5.41) is 12.4. The van der Waals surface area contributed by atoms with Gasteiger partial charge in [-0.25, -0.2) is 9.78 Å². The molecule has 1 heterocycles. The Morgan fingerprint density at radius 2 is 2.57 bits per heavy atom. The van der Waals surface area contributed by atoms with Crippen molar-refractivity contribution in [1.29, 1.82) is 5.26 Å². The average Bonchev–Trinajstić information content (AvgIpc) is 2.65. The topological polar surface area (TPSA) is 80.8 Å². The SMILES string of the molecule is COC(=O)c1ncn(CC(C)C#N)n1. The van der Waals surface area contributed by atoms with Crippen molar-refractivity contribution >= 4 is 5.97 Å². The van der Waals surface area contributed by atoms with Crippen LogP contribution in [0.15, 0.2) is 6.33 Å². The van der Waals surface area contributed by atoms with E-state index in [-0.39, 0.29) is 11.7 Å². The van der Waals surface area contributed by atoms with Gasteiger partial charge in [-0.05, 0) is 6.92 Å². The van der Waals surface area contributed by atoms with E-state index in [1.807, 2.05) is 0 Å². The predicted octanol–water partition coefficient (Wildman–Crippen LogP) is 0.224. The molecule has 1 aromatic heterocycles. The molecule has 0 fully saturated rings. The maximum absolute atomic E-state index is 11.0. The van der Waals surface area contributed by atoms with Crippen LogP contribution in [0.3, 0.4) is 0 Å². The minimum Gasteiger partial charge on any atom is -0.463 e. The molecule has 6 nitrogen and oxygen atoms in total. The summed E-state index contributed by atoms with van der Waals surface area (Å²) < 4.78 is 5.88. The lowest BCUT2D eigenvalue weighted by Crippen LogP contribution is -2.09. The second-order valence-electron chi connectivity index (χ2n) is 2.81. The molecule has 74 valence electrons. The molecule has 0 aliphatic carbocycles. The highest BCUT2D eigenvalue weighted by Crippen LogP contribution is 1.98. The van der Waals surface area contributed by atoms with Gasteiger partial charge in [0.2, 0.25) is 0 Å². The van der Waals surface area contributed by atoms with Gasteiger partial charge >= 0.3 is 5.97 Å². The van der Waals surface area contributed by atoms with Crippen molar-refractivity contribution in [2.75, 3.05) is 7.11 Å². The predicted molar refractivity (Wildman–Crippen MR) is 46.1 cm³/mol. The molecular weight excluding hydrogens is 184 g/mol. The largest absolute Gasteiger partial charge is 0.463 e. The first-order chi connectivity index (χ1) is 6.67. The summed E-state index contributed by atoms with van der Waals surface area (Å²) in [5.41, 5.74) is 0. The van der Waals surface area contributed by atoms with Crippen LogP contribution in [0.2, 0.25) is 0 Å². The highest BCUT2D eigenvalue weighted by atomic mass is 16.5. The lowest BCUT2D eigenvalue weighted by molar-refractivity contribution is 0.0586. The number of rotatable bonds is 3. The van der Waals surface area contributed by atoms with Crippen LogP contribution in [0.5, 0.6) is 0 Å². The van der Waals surface area contributed by atoms with Crippen molar-refractivity contribution in [3.8, 4) is 6.07 Å². The number of ether oxygens (including phenoxy) is 1. The van der Waals surface area contributed by atoms with Gasteiger partial charge in [-0.15, -0.1) is 5.10 Å². The summed E-state index contributed by atoms with van der Waals surface area (Å²) in [4.78, 5) is 14.7. The number of carbonyl (C=O) groups is 1. The summed E-state index contributed by atoms with van der Waals surface area (Å²) in [5.74, 6) is -0.729. The number of aromatic nitrogens is 3. The van der Waals surface area contributed by atoms with Gasteiger partial charge in [-0.3, -0.25) is 4.68 Å². The Hall–Kier alpha value is -1.90. The molecule has 0 bridgehead atoms. The van der Waals surface area contributed by atoms with Crippen LogP contribution in [0.1, 0.15) is 17.5 Å². The number of nitriles is 1. The van der Waals surface area contributed by atoms with E-state index in [0.29, 0.717) is 6.54 Å². The van der Waals surface area contributed by atoms with E-state index in [2.05, 4.69) is 20.9 Å². The van der Waals surface area contributed by atoms with Crippen LogP contribution < -0.4 is 0 Å². The summed E-state index contributed by atoms with van der Waals surface area (Å²) in [7, 11) is 1.26. The number of esters is 1. The Bertz CT molecular complexity index is 366. The van der Waals surface area contributed by atoms with Gasteiger partial charge in [0.25, 0.3) is 5.82 Å². The quantitative estimate of drug-likeness (QED) is 0.643. The molecule has 1 rings (SSSR count). The third-order valence-electron chi connectivity index (χ3n) is 1.59. The minimum absolute atomic E-state index is 0.0117. The molecule has 0 spiro atoms. The molecule has 1 aromatic rings. The molecule has 0 aliphatic rings. The third kappa shape index (κ3) is 2.29. The highest BCUT2D eigenvalue weighted by Gasteiger charge is 2.11. The van der Waals surface area contributed by atoms with E-state index >= 15 is 0 Å². The second kappa shape index (κ2) is 4.37. The first-order valence-electron chi connectivity index (χ1n) is 4.04. The molecule has 0 amide bonds. The van der Waals surface area contributed by atoms with E-state index in [9.17, 15) is 4.79 Å². The number of hydrogen-bond donors (Lipinski definition) is 0. The highest BCUT2D eigenvalue weighted by molar-refractivity contribution is 5.84. The molecule has 0 N–H and O–H groups in total. The number of carbonyl (C=O) groups excluding carboxylic acids is 1. The number of hydrogen-bond acceptors (Lipinski definition) is 5. The minimum atomic E-state index is -0.576. The Kier molecular flexibility index (Phi) is 3.18. The van der Waals surface area contributed by atoms with Crippen molar-refractivity contribution in [1.82, 2.24) is 14.8 Å². The van der Waals surface area contributed by atoms with E-state index in [0.717, 1.165) is 0 Å². The van der Waals surface area contributed by atoms with Crippen LogP contribution in [0.4, 0.5) is 0 Å². The maximum Gasteiger partial charge on any atom is 0.377 e. The van der Waals surface area contributed by atoms with Crippen molar-refractivity contribution in [2.24, 2.45) is 5.92 Å². The van der Waals surface area contributed by atoms with Crippen molar-refractivity contribution in [3.63, 3.8) is 0 Å². The maximum atomic E-state index is 11.0. The summed E-state index contributed by atoms with van der Waals surface area (Å²) in [6.07, 6.45) is 1.40. The van der Waals surface area contributed by atoms with E-state index < -0.39 is 5.97 Å². The summed E-state index contributed by atoms with van der Waals surface area (Å²) in [6, 6.07) is 2.06. The van der Waals surface area contributed by atoms with Crippen LogP contribution in [0.25, 0.3) is 0 Å². The molecular formula is C8H10N4O2. The summed E-state index contributed by atoms with van der Waals surface area (Å²) in [6.45, 7) is 2.18. The zero-order chi connectivity index (χ0) is 10.6. The molecule has 0 radical (unpaired) electrons. The van der Waals surface area contributed by atoms with Gasteiger partial charge in [0, 0.05) is 0 Å². The Labute approximate surface area is 81.1 Å². The van der Waals surface area contributed by atoms with Gasteiger partial charge in [-0.1, -0.05) is 0 Å². The lowest BCUT2D eigenvalue weighted by atomic mass is 10.2. The van der Waals surface area contributed by atoms with Gasteiger partial charge in [0.1, 0.15) is 6.33 Å². The van der Waals surface area contributed by atoms with Crippen molar-refractivity contribution < 1.29 is 9.53 Å². The van der Waals surface area contributed by atoms with Crippen molar-refractivity contribution in [2.45, 2.75) is 13.5 Å². The van der Waals surface area contributed by atoms with E-state index in [1.54, 1.807) is 6.92 Å². The molecule has 6 heteroatoms. The molecule has 1 atom stereocenters. The fourth-order valence-corrected chi connectivity index (χ4v) is 0.889. The zero-order valence-electron chi connectivity index (χ0n) is 7.97. The summed E-state index contributed by atoms with van der Waals surface area (Å²) >= 11 is 0. The third-order valence-corrected chi connectivity index (χ3v) is 1.59. The van der Waals surface area contributed by atoms with E-state index in [4.69, 9.17) is 5.26 Å².